The van der Waals surface area contributed by atoms with Crippen molar-refractivity contribution in [2.45, 2.75) is 25.7 Å². The average molecular weight is 318 g/mol. The first kappa shape index (κ1) is 15.2. The van der Waals surface area contributed by atoms with Crippen LogP contribution in [-0.2, 0) is 4.79 Å². The molecule has 0 radical (unpaired) electrons. The molecule has 1 amide bonds. The quantitative estimate of drug-likeness (QED) is 0.842. The third kappa shape index (κ3) is 2.66. The largest absolute Gasteiger partial charge is 0.367 e. The van der Waals surface area contributed by atoms with Gasteiger partial charge in [0.15, 0.2) is 0 Å². The normalized spacial score (nSPS) is 20.7. The summed E-state index contributed by atoms with van der Waals surface area (Å²) in [5, 5.41) is 10.2. The fourth-order valence-corrected chi connectivity index (χ4v) is 3.77. The van der Waals surface area contributed by atoms with Gasteiger partial charge in [-0.2, -0.15) is 5.26 Å². The second kappa shape index (κ2) is 6.18. The molecular formula is C17H20ClN3O. The van der Waals surface area contributed by atoms with Crippen LogP contribution in [0.4, 0.5) is 5.69 Å². The van der Waals surface area contributed by atoms with E-state index in [1.54, 1.807) is 0 Å². The van der Waals surface area contributed by atoms with Crippen LogP contribution in [0.3, 0.4) is 0 Å². The van der Waals surface area contributed by atoms with Gasteiger partial charge in [-0.1, -0.05) is 36.6 Å². The smallest absolute Gasteiger partial charge is 0.243 e. The van der Waals surface area contributed by atoms with E-state index in [1.165, 1.54) is 0 Å². The second-order valence-corrected chi connectivity index (χ2v) is 6.54. The number of benzene rings is 1. The Labute approximate surface area is 136 Å². The van der Waals surface area contributed by atoms with Crippen LogP contribution in [0.15, 0.2) is 24.3 Å². The first-order chi connectivity index (χ1) is 10.7. The van der Waals surface area contributed by atoms with Crippen LogP contribution in [-0.4, -0.2) is 37.0 Å². The summed E-state index contributed by atoms with van der Waals surface area (Å²) in [6.07, 6.45) is 3.40. The molecule has 0 N–H and O–H groups in total. The molecule has 0 spiro atoms. The molecule has 1 saturated carbocycles. The Kier molecular flexibility index (Phi) is 4.26. The van der Waals surface area contributed by atoms with Gasteiger partial charge in [-0.3, -0.25) is 4.79 Å². The number of hydrogen-bond acceptors (Lipinski definition) is 3. The van der Waals surface area contributed by atoms with E-state index in [0.717, 1.165) is 36.6 Å². The molecule has 0 atom stereocenters. The van der Waals surface area contributed by atoms with Crippen molar-refractivity contribution in [2.75, 3.05) is 31.1 Å². The molecule has 0 aromatic heterocycles. The maximum Gasteiger partial charge on any atom is 0.243 e. The average Bonchev–Trinajstić information content (AvgIpc) is 3.05. The van der Waals surface area contributed by atoms with Gasteiger partial charge >= 0.3 is 0 Å². The number of carbonyl (C=O) groups is 1. The lowest BCUT2D eigenvalue weighted by Gasteiger charge is -2.39. The molecule has 1 aromatic rings. The molecule has 2 aliphatic rings. The lowest BCUT2D eigenvalue weighted by atomic mass is 9.86. The Morgan fingerprint density at radius 1 is 1.14 bits per heavy atom. The van der Waals surface area contributed by atoms with Gasteiger partial charge in [-0.15, -0.1) is 0 Å². The fraction of sp³-hybridized carbons (Fsp3) is 0.529. The highest BCUT2D eigenvalue weighted by atomic mass is 35.5. The molecule has 3 rings (SSSR count). The molecule has 1 aliphatic carbocycles. The Hall–Kier alpha value is -1.73. The number of amides is 1. The number of para-hydroxylation sites is 1. The van der Waals surface area contributed by atoms with Crippen LogP contribution in [0.5, 0.6) is 0 Å². The number of rotatable bonds is 2. The van der Waals surface area contributed by atoms with Crippen molar-refractivity contribution in [1.29, 1.82) is 5.26 Å². The summed E-state index contributed by atoms with van der Waals surface area (Å²) in [7, 11) is 0. The maximum atomic E-state index is 12.7. The Bertz CT molecular complexity index is 596. The van der Waals surface area contributed by atoms with Crippen LogP contribution in [0.2, 0.25) is 5.02 Å². The summed E-state index contributed by atoms with van der Waals surface area (Å²) in [6.45, 7) is 2.84. The number of nitriles is 1. The molecule has 22 heavy (non-hydrogen) atoms. The van der Waals surface area contributed by atoms with Crippen molar-refractivity contribution in [2.24, 2.45) is 5.41 Å². The zero-order valence-electron chi connectivity index (χ0n) is 12.6. The third-order valence-electron chi connectivity index (χ3n) is 4.84. The summed E-state index contributed by atoms with van der Waals surface area (Å²) in [5.41, 5.74) is 0.263. The standard InChI is InChI=1S/C17H20ClN3O/c18-14-5-1-2-6-15(14)20-9-11-21(12-10-20)16(22)17(13-19)7-3-4-8-17/h1-2,5-6H,3-4,7-12H2. The molecule has 1 heterocycles. The van der Waals surface area contributed by atoms with E-state index >= 15 is 0 Å². The molecule has 1 saturated heterocycles. The Morgan fingerprint density at radius 3 is 2.36 bits per heavy atom. The molecule has 5 heteroatoms. The van der Waals surface area contributed by atoms with E-state index in [9.17, 15) is 10.1 Å². The molecule has 0 unspecified atom stereocenters. The Morgan fingerprint density at radius 2 is 1.77 bits per heavy atom. The highest BCUT2D eigenvalue weighted by molar-refractivity contribution is 6.33. The summed E-state index contributed by atoms with van der Waals surface area (Å²) >= 11 is 6.24. The van der Waals surface area contributed by atoms with E-state index in [-0.39, 0.29) is 5.91 Å². The predicted octanol–water partition coefficient (Wildman–Crippen LogP) is 3.07. The number of carbonyl (C=O) groups excluding carboxylic acids is 1. The highest BCUT2D eigenvalue weighted by Gasteiger charge is 2.44. The van der Waals surface area contributed by atoms with Crippen molar-refractivity contribution in [3.05, 3.63) is 29.3 Å². The third-order valence-corrected chi connectivity index (χ3v) is 5.16. The van der Waals surface area contributed by atoms with E-state index in [1.807, 2.05) is 29.2 Å². The monoisotopic (exact) mass is 317 g/mol. The number of hydrogen-bond donors (Lipinski definition) is 0. The minimum absolute atomic E-state index is 0.0336. The fourth-order valence-electron chi connectivity index (χ4n) is 3.51. The topological polar surface area (TPSA) is 47.3 Å². The van der Waals surface area contributed by atoms with Gasteiger partial charge in [0, 0.05) is 26.2 Å². The summed E-state index contributed by atoms with van der Waals surface area (Å²) in [6, 6.07) is 10.1. The molecular weight excluding hydrogens is 298 g/mol. The van der Waals surface area contributed by atoms with Crippen molar-refractivity contribution < 1.29 is 4.79 Å². The van der Waals surface area contributed by atoms with Gasteiger partial charge in [-0.25, -0.2) is 0 Å². The zero-order chi connectivity index (χ0) is 15.6. The van der Waals surface area contributed by atoms with Crippen LogP contribution in [0, 0.1) is 16.7 Å². The summed E-state index contributed by atoms with van der Waals surface area (Å²) < 4.78 is 0. The predicted molar refractivity (Wildman–Crippen MR) is 86.8 cm³/mol. The van der Waals surface area contributed by atoms with Crippen LogP contribution >= 0.6 is 11.6 Å². The number of nitrogens with zero attached hydrogens (tertiary/aromatic N) is 3. The van der Waals surface area contributed by atoms with Crippen molar-refractivity contribution >= 4 is 23.2 Å². The van der Waals surface area contributed by atoms with Gasteiger partial charge in [0.1, 0.15) is 5.41 Å². The van der Waals surface area contributed by atoms with Gasteiger partial charge in [0.25, 0.3) is 0 Å². The SMILES string of the molecule is N#CC1(C(=O)N2CCN(c3ccccc3Cl)CC2)CCCC1. The summed E-state index contributed by atoms with van der Waals surface area (Å²) in [4.78, 5) is 16.8. The number of anilines is 1. The lowest BCUT2D eigenvalue weighted by molar-refractivity contribution is -0.139. The number of piperazine rings is 1. The maximum absolute atomic E-state index is 12.7. The van der Waals surface area contributed by atoms with Crippen LogP contribution in [0.25, 0.3) is 0 Å². The highest BCUT2D eigenvalue weighted by Crippen LogP contribution is 2.39. The minimum atomic E-state index is -0.757. The van der Waals surface area contributed by atoms with Gasteiger partial charge < -0.3 is 9.80 Å². The van der Waals surface area contributed by atoms with E-state index < -0.39 is 5.41 Å². The molecule has 116 valence electrons. The second-order valence-electron chi connectivity index (χ2n) is 6.13. The first-order valence-electron chi connectivity index (χ1n) is 7.86. The number of halogens is 1. The molecule has 2 fully saturated rings. The van der Waals surface area contributed by atoms with E-state index in [2.05, 4.69) is 11.0 Å². The van der Waals surface area contributed by atoms with Gasteiger partial charge in [0.05, 0.1) is 16.8 Å². The van der Waals surface area contributed by atoms with Gasteiger partial charge in [-0.05, 0) is 25.0 Å². The Balaban J connectivity index is 1.66. The van der Waals surface area contributed by atoms with Crippen LogP contribution < -0.4 is 4.90 Å². The van der Waals surface area contributed by atoms with Crippen molar-refractivity contribution in [3.8, 4) is 6.07 Å². The molecule has 1 aromatic carbocycles. The lowest BCUT2D eigenvalue weighted by Crippen LogP contribution is -2.52. The summed E-state index contributed by atoms with van der Waals surface area (Å²) in [5.74, 6) is 0.0336. The van der Waals surface area contributed by atoms with Gasteiger partial charge in [0.2, 0.25) is 5.91 Å². The minimum Gasteiger partial charge on any atom is -0.367 e. The van der Waals surface area contributed by atoms with Crippen molar-refractivity contribution in [1.82, 2.24) is 4.90 Å². The first-order valence-corrected chi connectivity index (χ1v) is 8.24. The molecule has 4 nitrogen and oxygen atoms in total. The van der Waals surface area contributed by atoms with Crippen LogP contribution in [0.1, 0.15) is 25.7 Å². The molecule has 0 bridgehead atoms. The zero-order valence-corrected chi connectivity index (χ0v) is 13.4. The van der Waals surface area contributed by atoms with Crippen molar-refractivity contribution in [3.63, 3.8) is 0 Å². The van der Waals surface area contributed by atoms with E-state index in [0.29, 0.717) is 25.9 Å². The molecule has 1 aliphatic heterocycles. The van der Waals surface area contributed by atoms with E-state index in [4.69, 9.17) is 11.6 Å².